The van der Waals surface area contributed by atoms with Gasteiger partial charge < -0.3 is 5.32 Å². The quantitative estimate of drug-likeness (QED) is 0.930. The number of halogens is 1. The minimum absolute atomic E-state index is 0.106. The lowest BCUT2D eigenvalue weighted by molar-refractivity contribution is -0.134. The zero-order valence-electron chi connectivity index (χ0n) is 12.8. The molecule has 4 nitrogen and oxygen atoms in total. The molecule has 0 spiro atoms. The first-order valence-corrected chi connectivity index (χ1v) is 7.27. The van der Waals surface area contributed by atoms with Crippen molar-refractivity contribution in [1.29, 1.82) is 0 Å². The van der Waals surface area contributed by atoms with Gasteiger partial charge in [-0.3, -0.25) is 14.5 Å². The molecule has 0 bridgehead atoms. The van der Waals surface area contributed by atoms with E-state index >= 15 is 0 Å². The van der Waals surface area contributed by atoms with Gasteiger partial charge in [-0.15, -0.1) is 0 Å². The third-order valence-electron chi connectivity index (χ3n) is 3.87. The number of nitrogens with one attached hydrogen (secondary N) is 1. The number of amides is 2. The highest BCUT2D eigenvalue weighted by Gasteiger charge is 2.43. The van der Waals surface area contributed by atoms with Crippen LogP contribution < -0.4 is 10.2 Å². The molecule has 1 heterocycles. The molecule has 1 aliphatic heterocycles. The molecule has 1 saturated heterocycles. The second kappa shape index (κ2) is 5.84. The average Bonchev–Trinajstić information content (AvgIpc) is 2.41. The van der Waals surface area contributed by atoms with Crippen LogP contribution in [-0.4, -0.2) is 23.9 Å². The fraction of sp³-hybridized carbons (Fsp3) is 0.500. The molecule has 0 aromatic heterocycles. The Morgan fingerprint density at radius 1 is 1.33 bits per heavy atom. The van der Waals surface area contributed by atoms with Crippen LogP contribution in [0.1, 0.15) is 32.8 Å². The van der Waals surface area contributed by atoms with E-state index in [0.717, 1.165) is 0 Å². The lowest BCUT2D eigenvalue weighted by atomic mass is 9.94. The van der Waals surface area contributed by atoms with Gasteiger partial charge in [-0.1, -0.05) is 32.9 Å². The van der Waals surface area contributed by atoms with E-state index in [2.05, 4.69) is 5.32 Å². The van der Waals surface area contributed by atoms with Crippen molar-refractivity contribution in [2.75, 3.05) is 4.90 Å². The second-order valence-corrected chi connectivity index (χ2v) is 5.77. The Balaban J connectivity index is 2.58. The van der Waals surface area contributed by atoms with Gasteiger partial charge in [-0.2, -0.15) is 0 Å². The van der Waals surface area contributed by atoms with Crippen molar-refractivity contribution in [2.45, 2.75) is 46.2 Å². The molecule has 2 rings (SSSR count). The van der Waals surface area contributed by atoms with Gasteiger partial charge >= 0.3 is 0 Å². The fourth-order valence-electron chi connectivity index (χ4n) is 2.80. The second-order valence-electron chi connectivity index (χ2n) is 5.77. The average molecular weight is 292 g/mol. The maximum atomic E-state index is 14.3. The highest BCUT2D eigenvalue weighted by atomic mass is 19.1. The Kier molecular flexibility index (Phi) is 4.30. The summed E-state index contributed by atoms with van der Waals surface area (Å²) >= 11 is 0. The summed E-state index contributed by atoms with van der Waals surface area (Å²) in [6.45, 7) is 7.28. The van der Waals surface area contributed by atoms with Crippen molar-refractivity contribution in [1.82, 2.24) is 5.32 Å². The summed E-state index contributed by atoms with van der Waals surface area (Å²) < 4.78 is 14.3. The van der Waals surface area contributed by atoms with Crippen LogP contribution in [-0.2, 0) is 9.59 Å². The molecular weight excluding hydrogens is 271 g/mol. The SMILES string of the molecule is CCC1NC(=O)C(C(C)C)N(c2c(C)cccc2F)C1=O. The fourth-order valence-corrected chi connectivity index (χ4v) is 2.80. The summed E-state index contributed by atoms with van der Waals surface area (Å²) in [5.41, 5.74) is 0.869. The maximum absolute atomic E-state index is 14.3. The summed E-state index contributed by atoms with van der Waals surface area (Å²) in [5, 5.41) is 2.73. The van der Waals surface area contributed by atoms with Crippen molar-refractivity contribution >= 4 is 17.5 Å². The monoisotopic (exact) mass is 292 g/mol. The van der Waals surface area contributed by atoms with Crippen LogP contribution in [0, 0.1) is 18.7 Å². The number of carbonyl (C=O) groups is 2. The molecule has 1 aliphatic rings. The van der Waals surface area contributed by atoms with Gasteiger partial charge in [-0.25, -0.2) is 4.39 Å². The number of hydrogen-bond acceptors (Lipinski definition) is 2. The molecule has 5 heteroatoms. The summed E-state index contributed by atoms with van der Waals surface area (Å²) in [4.78, 5) is 26.3. The van der Waals surface area contributed by atoms with Crippen molar-refractivity contribution in [3.05, 3.63) is 29.6 Å². The molecular formula is C16H21FN2O2. The molecule has 114 valence electrons. The largest absolute Gasteiger partial charge is 0.342 e. The molecule has 2 unspecified atom stereocenters. The van der Waals surface area contributed by atoms with Crippen LogP contribution in [0.4, 0.5) is 10.1 Å². The van der Waals surface area contributed by atoms with E-state index in [1.54, 1.807) is 19.1 Å². The summed E-state index contributed by atoms with van der Waals surface area (Å²) in [5.74, 6) is -1.05. The smallest absolute Gasteiger partial charge is 0.250 e. The minimum Gasteiger partial charge on any atom is -0.342 e. The van der Waals surface area contributed by atoms with Crippen molar-refractivity contribution in [3.63, 3.8) is 0 Å². The number of anilines is 1. The molecule has 2 amide bonds. The number of benzene rings is 1. The molecule has 1 aromatic rings. The van der Waals surface area contributed by atoms with Gasteiger partial charge in [0.05, 0.1) is 5.69 Å². The topological polar surface area (TPSA) is 49.4 Å². The van der Waals surface area contributed by atoms with Gasteiger partial charge in [-0.05, 0) is 30.9 Å². The lowest BCUT2D eigenvalue weighted by Crippen LogP contribution is -2.65. The minimum atomic E-state index is -0.684. The number of hydrogen-bond donors (Lipinski definition) is 1. The molecule has 1 aromatic carbocycles. The van der Waals surface area contributed by atoms with Crippen LogP contribution in [0.15, 0.2) is 18.2 Å². The highest BCUT2D eigenvalue weighted by Crippen LogP contribution is 2.31. The van der Waals surface area contributed by atoms with Gasteiger partial charge in [0.15, 0.2) is 0 Å². The van der Waals surface area contributed by atoms with Crippen LogP contribution in [0.2, 0.25) is 0 Å². The zero-order valence-corrected chi connectivity index (χ0v) is 12.8. The number of carbonyl (C=O) groups excluding carboxylic acids is 2. The van der Waals surface area contributed by atoms with Crippen molar-refractivity contribution in [3.8, 4) is 0 Å². The number of piperazine rings is 1. The first-order chi connectivity index (χ1) is 9.88. The van der Waals surface area contributed by atoms with E-state index in [-0.39, 0.29) is 23.4 Å². The standard InChI is InChI=1S/C16H21FN2O2/c1-5-12-16(21)19(13(9(2)3)15(20)18-12)14-10(4)7-6-8-11(14)17/h6-9,12-13H,5H2,1-4H3,(H,18,20). The Bertz CT molecular complexity index is 551. The van der Waals surface area contributed by atoms with Gasteiger partial charge in [0.25, 0.3) is 0 Å². The molecule has 0 saturated carbocycles. The first-order valence-electron chi connectivity index (χ1n) is 7.27. The first kappa shape index (κ1) is 15.5. The van der Waals surface area contributed by atoms with Crippen LogP contribution >= 0.6 is 0 Å². The summed E-state index contributed by atoms with van der Waals surface area (Å²) in [6.07, 6.45) is 0.486. The van der Waals surface area contributed by atoms with Crippen LogP contribution in [0.5, 0.6) is 0 Å². The highest BCUT2D eigenvalue weighted by molar-refractivity contribution is 6.08. The predicted octanol–water partition coefficient (Wildman–Crippen LogP) is 2.40. The van der Waals surface area contributed by atoms with Crippen LogP contribution in [0.25, 0.3) is 0 Å². The van der Waals surface area contributed by atoms with E-state index in [0.29, 0.717) is 12.0 Å². The maximum Gasteiger partial charge on any atom is 0.250 e. The summed E-state index contributed by atoms with van der Waals surface area (Å²) in [7, 11) is 0. The zero-order chi connectivity index (χ0) is 15.7. The molecule has 0 radical (unpaired) electrons. The Labute approximate surface area is 124 Å². The van der Waals surface area contributed by atoms with E-state index in [4.69, 9.17) is 0 Å². The third-order valence-corrected chi connectivity index (χ3v) is 3.87. The molecule has 21 heavy (non-hydrogen) atoms. The van der Waals surface area contributed by atoms with Crippen molar-refractivity contribution in [2.24, 2.45) is 5.92 Å². The number of rotatable bonds is 3. The van der Waals surface area contributed by atoms with Crippen LogP contribution in [0.3, 0.4) is 0 Å². The van der Waals surface area contributed by atoms with E-state index in [1.807, 2.05) is 20.8 Å². The Hall–Kier alpha value is -1.91. The number of nitrogens with zero attached hydrogens (tertiary/aromatic N) is 1. The Morgan fingerprint density at radius 3 is 2.52 bits per heavy atom. The third kappa shape index (κ3) is 2.64. The van der Waals surface area contributed by atoms with E-state index in [1.165, 1.54) is 11.0 Å². The summed E-state index contributed by atoms with van der Waals surface area (Å²) in [6, 6.07) is 3.39. The van der Waals surface area contributed by atoms with Gasteiger partial charge in [0.1, 0.15) is 17.9 Å². The number of aryl methyl sites for hydroxylation is 1. The number of para-hydroxylation sites is 1. The molecule has 1 N–H and O–H groups in total. The normalized spacial score (nSPS) is 22.7. The van der Waals surface area contributed by atoms with Gasteiger partial charge in [0, 0.05) is 0 Å². The lowest BCUT2D eigenvalue weighted by Gasteiger charge is -2.41. The van der Waals surface area contributed by atoms with Gasteiger partial charge in [0.2, 0.25) is 11.8 Å². The molecule has 0 aliphatic carbocycles. The predicted molar refractivity (Wildman–Crippen MR) is 79.5 cm³/mol. The molecule has 2 atom stereocenters. The van der Waals surface area contributed by atoms with E-state index in [9.17, 15) is 14.0 Å². The van der Waals surface area contributed by atoms with Crippen molar-refractivity contribution < 1.29 is 14.0 Å². The Morgan fingerprint density at radius 2 is 2.00 bits per heavy atom. The molecule has 1 fully saturated rings. The van der Waals surface area contributed by atoms with E-state index < -0.39 is 17.9 Å².